The number of anilines is 1. The molecule has 1 aromatic rings. The summed E-state index contributed by atoms with van der Waals surface area (Å²) in [5, 5.41) is 21.5. The Morgan fingerprint density at radius 3 is 2.89 bits per heavy atom. The molecule has 4 nitrogen and oxygen atoms in total. The summed E-state index contributed by atoms with van der Waals surface area (Å²) in [6.45, 7) is 2.25. The van der Waals surface area contributed by atoms with Gasteiger partial charge in [0.25, 0.3) is 0 Å². The minimum absolute atomic E-state index is 0.305. The number of halogens is 1. The monoisotopic (exact) mass is 266 g/mol. The van der Waals surface area contributed by atoms with Crippen LogP contribution in [0.4, 0.5) is 5.69 Å². The third-order valence-electron chi connectivity index (χ3n) is 2.63. The molecule has 0 aromatic heterocycles. The zero-order valence-electron chi connectivity index (χ0n) is 10.1. The normalized spacial score (nSPS) is 11.6. The molecule has 0 fully saturated rings. The molecule has 2 N–H and O–H groups in total. The average Bonchev–Trinajstić information content (AvgIpc) is 2.35. The lowest BCUT2D eigenvalue weighted by Crippen LogP contribution is -2.23. The molecule has 0 heterocycles. The van der Waals surface area contributed by atoms with E-state index in [0.717, 1.165) is 6.42 Å². The first kappa shape index (κ1) is 14.3. The van der Waals surface area contributed by atoms with Gasteiger partial charge in [0.15, 0.2) is 0 Å². The number of nitriles is 1. The number of hydrogen-bond acceptors (Lipinski definition) is 3. The highest BCUT2D eigenvalue weighted by Crippen LogP contribution is 2.20. The molecular weight excluding hydrogens is 252 g/mol. The van der Waals surface area contributed by atoms with E-state index in [1.165, 1.54) is 0 Å². The molecule has 0 amide bonds. The maximum atomic E-state index is 11.0. The SMILES string of the molecule is CCCC(CNc1ccc(Cl)cc1C#N)C(=O)O. The van der Waals surface area contributed by atoms with Crippen molar-refractivity contribution in [3.05, 3.63) is 28.8 Å². The lowest BCUT2D eigenvalue weighted by atomic mass is 10.0. The van der Waals surface area contributed by atoms with Crippen LogP contribution in [-0.2, 0) is 4.79 Å². The maximum Gasteiger partial charge on any atom is 0.308 e. The van der Waals surface area contributed by atoms with Crippen LogP contribution in [0.3, 0.4) is 0 Å². The summed E-state index contributed by atoms with van der Waals surface area (Å²) >= 11 is 5.79. The molecule has 0 bridgehead atoms. The quantitative estimate of drug-likeness (QED) is 0.830. The van der Waals surface area contributed by atoms with Gasteiger partial charge in [-0.1, -0.05) is 24.9 Å². The van der Waals surface area contributed by atoms with Crippen LogP contribution in [0.15, 0.2) is 18.2 Å². The fraction of sp³-hybridized carbons (Fsp3) is 0.385. The minimum atomic E-state index is -0.822. The largest absolute Gasteiger partial charge is 0.481 e. The van der Waals surface area contributed by atoms with E-state index in [0.29, 0.717) is 29.2 Å². The standard InChI is InChI=1S/C13H15ClN2O2/c1-2-3-9(13(17)18)8-16-12-5-4-11(14)6-10(12)7-15/h4-6,9,16H,2-3,8H2,1H3,(H,17,18). The van der Waals surface area contributed by atoms with E-state index in [4.69, 9.17) is 22.0 Å². The molecule has 18 heavy (non-hydrogen) atoms. The van der Waals surface area contributed by atoms with E-state index in [-0.39, 0.29) is 0 Å². The van der Waals surface area contributed by atoms with Gasteiger partial charge >= 0.3 is 5.97 Å². The van der Waals surface area contributed by atoms with Crippen molar-refractivity contribution >= 4 is 23.3 Å². The van der Waals surface area contributed by atoms with Crippen molar-refractivity contribution in [2.45, 2.75) is 19.8 Å². The molecule has 0 spiro atoms. The van der Waals surface area contributed by atoms with Crippen molar-refractivity contribution in [1.82, 2.24) is 0 Å². The summed E-state index contributed by atoms with van der Waals surface area (Å²) in [7, 11) is 0. The van der Waals surface area contributed by atoms with E-state index in [1.807, 2.05) is 13.0 Å². The molecular formula is C13H15ClN2O2. The van der Waals surface area contributed by atoms with E-state index >= 15 is 0 Å². The maximum absolute atomic E-state index is 11.0. The van der Waals surface area contributed by atoms with Gasteiger partial charge in [-0.15, -0.1) is 0 Å². The molecule has 0 aliphatic heterocycles. The third kappa shape index (κ3) is 3.94. The predicted molar refractivity (Wildman–Crippen MR) is 70.7 cm³/mol. The molecule has 0 saturated carbocycles. The number of nitrogens with zero attached hydrogens (tertiary/aromatic N) is 1. The van der Waals surface area contributed by atoms with Gasteiger partial charge in [-0.25, -0.2) is 0 Å². The fourth-order valence-electron chi connectivity index (χ4n) is 1.66. The minimum Gasteiger partial charge on any atom is -0.481 e. The van der Waals surface area contributed by atoms with Crippen molar-refractivity contribution in [2.24, 2.45) is 5.92 Å². The number of hydrogen-bond donors (Lipinski definition) is 2. The van der Waals surface area contributed by atoms with Gasteiger partial charge in [0, 0.05) is 11.6 Å². The van der Waals surface area contributed by atoms with Crippen LogP contribution in [0.5, 0.6) is 0 Å². The van der Waals surface area contributed by atoms with Gasteiger partial charge in [-0.2, -0.15) is 5.26 Å². The first-order chi connectivity index (χ1) is 8.58. The van der Waals surface area contributed by atoms with Crippen molar-refractivity contribution in [1.29, 1.82) is 5.26 Å². The van der Waals surface area contributed by atoms with Crippen LogP contribution in [0.2, 0.25) is 5.02 Å². The van der Waals surface area contributed by atoms with Gasteiger partial charge < -0.3 is 10.4 Å². The number of carbonyl (C=O) groups is 1. The molecule has 1 aromatic carbocycles. The van der Waals surface area contributed by atoms with E-state index in [9.17, 15) is 4.79 Å². The molecule has 1 rings (SSSR count). The average molecular weight is 267 g/mol. The van der Waals surface area contributed by atoms with Crippen LogP contribution in [0.25, 0.3) is 0 Å². The Hall–Kier alpha value is -1.73. The highest BCUT2D eigenvalue weighted by Gasteiger charge is 2.16. The van der Waals surface area contributed by atoms with Crippen LogP contribution >= 0.6 is 11.6 Å². The van der Waals surface area contributed by atoms with E-state index in [2.05, 4.69) is 5.32 Å². The Kier molecular flexibility index (Phi) is 5.47. The molecule has 96 valence electrons. The van der Waals surface area contributed by atoms with Crippen LogP contribution < -0.4 is 5.32 Å². The second-order valence-corrected chi connectivity index (χ2v) is 4.44. The fourth-order valence-corrected chi connectivity index (χ4v) is 1.83. The second-order valence-electron chi connectivity index (χ2n) is 4.01. The van der Waals surface area contributed by atoms with Crippen molar-refractivity contribution < 1.29 is 9.90 Å². The molecule has 0 saturated heterocycles. The number of rotatable bonds is 6. The highest BCUT2D eigenvalue weighted by molar-refractivity contribution is 6.30. The number of aliphatic carboxylic acids is 1. The van der Waals surface area contributed by atoms with Gasteiger partial charge in [-0.05, 0) is 24.6 Å². The van der Waals surface area contributed by atoms with E-state index < -0.39 is 11.9 Å². The Morgan fingerprint density at radius 2 is 2.33 bits per heavy atom. The molecule has 1 atom stereocenters. The Labute approximate surface area is 111 Å². The van der Waals surface area contributed by atoms with E-state index in [1.54, 1.807) is 18.2 Å². The highest BCUT2D eigenvalue weighted by atomic mass is 35.5. The van der Waals surface area contributed by atoms with Gasteiger partial charge in [0.2, 0.25) is 0 Å². The second kappa shape index (κ2) is 6.87. The summed E-state index contributed by atoms with van der Waals surface area (Å²) in [5.41, 5.74) is 1.03. The molecule has 0 aliphatic rings. The lowest BCUT2D eigenvalue weighted by Gasteiger charge is -2.14. The summed E-state index contributed by atoms with van der Waals surface area (Å²) < 4.78 is 0. The zero-order chi connectivity index (χ0) is 13.5. The number of nitrogens with one attached hydrogen (secondary N) is 1. The first-order valence-electron chi connectivity index (χ1n) is 5.74. The van der Waals surface area contributed by atoms with Gasteiger partial charge in [0.05, 0.1) is 17.2 Å². The van der Waals surface area contributed by atoms with Crippen LogP contribution in [0.1, 0.15) is 25.3 Å². The lowest BCUT2D eigenvalue weighted by molar-refractivity contribution is -0.141. The molecule has 0 radical (unpaired) electrons. The van der Waals surface area contributed by atoms with Crippen LogP contribution in [-0.4, -0.2) is 17.6 Å². The molecule has 5 heteroatoms. The Bertz CT molecular complexity index is 469. The number of carboxylic acid groups (broad SMARTS) is 1. The smallest absolute Gasteiger partial charge is 0.308 e. The van der Waals surface area contributed by atoms with Crippen molar-refractivity contribution in [3.63, 3.8) is 0 Å². The summed E-state index contributed by atoms with van der Waals surface area (Å²) in [4.78, 5) is 11.0. The predicted octanol–water partition coefficient (Wildman–Crippen LogP) is 3.12. The summed E-state index contributed by atoms with van der Waals surface area (Å²) in [6.07, 6.45) is 1.42. The topological polar surface area (TPSA) is 73.1 Å². The van der Waals surface area contributed by atoms with Crippen molar-refractivity contribution in [3.8, 4) is 6.07 Å². The van der Waals surface area contributed by atoms with Gasteiger partial charge in [-0.3, -0.25) is 4.79 Å². The van der Waals surface area contributed by atoms with Gasteiger partial charge in [0.1, 0.15) is 6.07 Å². The first-order valence-corrected chi connectivity index (χ1v) is 6.12. The van der Waals surface area contributed by atoms with Crippen molar-refractivity contribution in [2.75, 3.05) is 11.9 Å². The Balaban J connectivity index is 2.73. The number of carboxylic acids is 1. The molecule has 1 unspecified atom stereocenters. The van der Waals surface area contributed by atoms with Crippen LogP contribution in [0, 0.1) is 17.2 Å². The summed E-state index contributed by atoms with van der Waals surface area (Å²) in [6, 6.07) is 6.94. The Morgan fingerprint density at radius 1 is 1.61 bits per heavy atom. The third-order valence-corrected chi connectivity index (χ3v) is 2.86. The molecule has 0 aliphatic carbocycles. The number of benzene rings is 1. The summed E-state index contributed by atoms with van der Waals surface area (Å²) in [5.74, 6) is -1.27. The zero-order valence-corrected chi connectivity index (χ0v) is 10.9.